The van der Waals surface area contributed by atoms with Crippen molar-refractivity contribution in [3.63, 3.8) is 0 Å². The van der Waals surface area contributed by atoms with Crippen LogP contribution in [0, 0.1) is 0 Å². The van der Waals surface area contributed by atoms with Gasteiger partial charge in [0.05, 0.1) is 185 Å². The zero-order chi connectivity index (χ0) is 61.9. The normalized spacial score (nSPS) is 18.0. The van der Waals surface area contributed by atoms with E-state index in [1.807, 2.05) is 0 Å². The lowest BCUT2D eigenvalue weighted by Crippen LogP contribution is -2.36. The van der Waals surface area contributed by atoms with E-state index in [1.165, 1.54) is 11.1 Å². The predicted octanol–water partition coefficient (Wildman–Crippen LogP) is 5.80. The van der Waals surface area contributed by atoms with E-state index in [9.17, 15) is 14.4 Å². The summed E-state index contributed by atoms with van der Waals surface area (Å²) in [5.41, 5.74) is 6.10. The third-order valence-electron chi connectivity index (χ3n) is 14.6. The minimum Gasteiger partial charge on any atom is -0.382 e. The lowest BCUT2D eigenvalue weighted by atomic mass is 9.71. The standard InChI is InChI=1S/C64H99N3O20/c1-63(20-25-75-36-41-83-48-45-79-32-29-71-3)54(53-65(57-14-8-6-12-55(57)63)22-27-77-38-43-85-50-47-81-34-31-73-5)11-10-16-59-64(2,21-26-76-37-42-84-49-46-80-33-30-72-4)56-13-7-9-15-58(56)66(59)23-28-78-39-44-86-52-51-82-40-35-74-24-19-62(70)87-67-60(68)17-18-61(67)69/h6-16,53H,17-52H2,1-5H3/b11-10+,59-16+. The van der Waals surface area contributed by atoms with Crippen molar-refractivity contribution in [3.05, 3.63) is 95.4 Å². The van der Waals surface area contributed by atoms with Crippen LogP contribution in [0.25, 0.3) is 0 Å². The van der Waals surface area contributed by atoms with Crippen molar-refractivity contribution in [1.29, 1.82) is 0 Å². The molecule has 0 spiro atoms. The van der Waals surface area contributed by atoms with Crippen LogP contribution in [0.4, 0.5) is 11.4 Å². The van der Waals surface area contributed by atoms with Gasteiger partial charge in [-0.3, -0.25) is 9.59 Å². The van der Waals surface area contributed by atoms with Gasteiger partial charge in [0, 0.05) is 94.6 Å². The Kier molecular flexibility index (Phi) is 37.4. The SMILES string of the molecule is COCCOCCOCCOCCN1C=C(/C=C/C=C2/N(CCOCCOCCOCCOCCC(=O)ON3C(=O)CCC3=O)c3ccccc3C2(C)CCOCCOCCOCCOC)C(C)(CCOCCOCCOCCOC)c2ccccc21. The van der Waals surface area contributed by atoms with Crippen LogP contribution in [0.2, 0.25) is 0 Å². The molecule has 5 rings (SSSR count). The van der Waals surface area contributed by atoms with Crippen LogP contribution in [0.15, 0.2) is 84.2 Å². The van der Waals surface area contributed by atoms with E-state index in [2.05, 4.69) is 96.6 Å². The zero-order valence-corrected chi connectivity index (χ0v) is 52.4. The fraction of sp³-hybridized carbons (Fsp3) is 0.672. The van der Waals surface area contributed by atoms with E-state index in [-0.39, 0.29) is 32.5 Å². The van der Waals surface area contributed by atoms with Crippen molar-refractivity contribution in [1.82, 2.24) is 5.06 Å². The van der Waals surface area contributed by atoms with E-state index in [0.717, 1.165) is 35.5 Å². The number of carbonyl (C=O) groups is 3. The molecule has 1 saturated heterocycles. The molecule has 0 N–H and O–H groups in total. The first-order valence-electron chi connectivity index (χ1n) is 30.6. The summed E-state index contributed by atoms with van der Waals surface area (Å²) >= 11 is 0. The van der Waals surface area contributed by atoms with Gasteiger partial charge in [-0.05, 0) is 54.7 Å². The number of methoxy groups -OCH3 is 3. The van der Waals surface area contributed by atoms with Crippen LogP contribution in [-0.2, 0) is 106 Å². The van der Waals surface area contributed by atoms with Crippen LogP contribution >= 0.6 is 0 Å². The molecular weight excluding hydrogens is 1130 g/mol. The second kappa shape index (κ2) is 44.6. The number of imide groups is 1. The highest BCUT2D eigenvalue weighted by Crippen LogP contribution is 2.50. The van der Waals surface area contributed by atoms with Gasteiger partial charge < -0.3 is 90.4 Å². The number of hydrogen-bond donors (Lipinski definition) is 0. The molecule has 2 aromatic carbocycles. The Morgan fingerprint density at radius 2 is 0.816 bits per heavy atom. The number of benzene rings is 2. The lowest BCUT2D eigenvalue weighted by Gasteiger charge is -2.41. The fourth-order valence-corrected chi connectivity index (χ4v) is 9.83. The van der Waals surface area contributed by atoms with Crippen molar-refractivity contribution >= 4 is 29.2 Å². The Morgan fingerprint density at radius 3 is 1.28 bits per heavy atom. The van der Waals surface area contributed by atoms with Gasteiger partial charge in [-0.15, -0.1) is 5.06 Å². The van der Waals surface area contributed by atoms with E-state index in [0.29, 0.717) is 197 Å². The first-order chi connectivity index (χ1) is 42.7. The number of rotatable bonds is 54. The lowest BCUT2D eigenvalue weighted by molar-refractivity contribution is -0.198. The second-order valence-electron chi connectivity index (χ2n) is 20.8. The first kappa shape index (κ1) is 73.0. The summed E-state index contributed by atoms with van der Waals surface area (Å²) < 4.78 is 90.8. The van der Waals surface area contributed by atoms with Crippen molar-refractivity contribution in [2.24, 2.45) is 0 Å². The average Bonchev–Trinajstić information content (AvgIpc) is 1.79. The number of amides is 2. The molecule has 2 unspecified atom stereocenters. The first-order valence-corrected chi connectivity index (χ1v) is 30.6. The second-order valence-corrected chi connectivity index (χ2v) is 20.8. The van der Waals surface area contributed by atoms with Crippen LogP contribution in [0.1, 0.15) is 57.1 Å². The molecule has 2 amide bonds. The van der Waals surface area contributed by atoms with Crippen LogP contribution in [-0.4, -0.2) is 249 Å². The van der Waals surface area contributed by atoms with Crippen molar-refractivity contribution in [2.75, 3.05) is 236 Å². The highest BCUT2D eigenvalue weighted by atomic mass is 16.7. The third-order valence-corrected chi connectivity index (χ3v) is 14.6. The Morgan fingerprint density at radius 1 is 0.448 bits per heavy atom. The molecule has 3 heterocycles. The highest BCUT2D eigenvalue weighted by Gasteiger charge is 2.43. The van der Waals surface area contributed by atoms with E-state index >= 15 is 0 Å². The summed E-state index contributed by atoms with van der Waals surface area (Å²) in [6.45, 7) is 18.9. The van der Waals surface area contributed by atoms with Crippen LogP contribution in [0.3, 0.4) is 0 Å². The molecule has 23 nitrogen and oxygen atoms in total. The quantitative estimate of drug-likeness (QED) is 0.0565. The van der Waals surface area contributed by atoms with Crippen molar-refractivity contribution in [3.8, 4) is 0 Å². The smallest absolute Gasteiger partial charge is 0.335 e. The maximum Gasteiger partial charge on any atom is 0.335 e. The summed E-state index contributed by atoms with van der Waals surface area (Å²) in [4.78, 5) is 44.8. The summed E-state index contributed by atoms with van der Waals surface area (Å²) in [5.74, 6) is -1.75. The van der Waals surface area contributed by atoms with Gasteiger partial charge >= 0.3 is 5.97 Å². The molecule has 0 aliphatic carbocycles. The van der Waals surface area contributed by atoms with Crippen LogP contribution in [0.5, 0.6) is 0 Å². The molecule has 3 aliphatic heterocycles. The zero-order valence-electron chi connectivity index (χ0n) is 52.4. The number of ether oxygens (including phenoxy) is 16. The largest absolute Gasteiger partial charge is 0.382 e. The predicted molar refractivity (Wildman–Crippen MR) is 325 cm³/mol. The summed E-state index contributed by atoms with van der Waals surface area (Å²) in [5, 5.41) is 0.529. The molecule has 0 bridgehead atoms. The number of fused-ring (bicyclic) bond motifs is 2. The number of para-hydroxylation sites is 2. The molecule has 0 aromatic heterocycles. The molecule has 23 heteroatoms. The van der Waals surface area contributed by atoms with Crippen molar-refractivity contribution in [2.45, 2.75) is 56.8 Å². The number of hydrogen-bond acceptors (Lipinski definition) is 22. The molecular formula is C64H99N3O20. The molecule has 1 fully saturated rings. The minimum atomic E-state index is -0.711. The molecule has 87 heavy (non-hydrogen) atoms. The summed E-state index contributed by atoms with van der Waals surface area (Å²) in [6.07, 6.45) is 10.4. The average molecular weight is 1230 g/mol. The van der Waals surface area contributed by atoms with Crippen LogP contribution < -0.4 is 9.80 Å². The van der Waals surface area contributed by atoms with Gasteiger partial charge in [-0.1, -0.05) is 55.5 Å². The Hall–Kier alpha value is -4.77. The minimum absolute atomic E-state index is 0.0409. The van der Waals surface area contributed by atoms with Gasteiger partial charge in [0.1, 0.15) is 0 Å². The third kappa shape index (κ3) is 26.7. The van der Waals surface area contributed by atoms with Gasteiger partial charge in [-0.25, -0.2) is 4.79 Å². The number of hydroxylamine groups is 2. The Balaban J connectivity index is 1.23. The number of nitrogens with zero attached hydrogens (tertiary/aromatic N) is 3. The Labute approximate surface area is 515 Å². The van der Waals surface area contributed by atoms with E-state index in [1.54, 1.807) is 21.3 Å². The van der Waals surface area contributed by atoms with Gasteiger partial charge in [0.15, 0.2) is 0 Å². The molecule has 0 radical (unpaired) electrons. The maximum atomic E-state index is 12.0. The summed E-state index contributed by atoms with van der Waals surface area (Å²) in [6, 6.07) is 17.2. The molecule has 3 aliphatic rings. The monoisotopic (exact) mass is 1230 g/mol. The molecule has 2 aromatic rings. The molecule has 2 atom stereocenters. The topological polar surface area (TPSA) is 218 Å². The van der Waals surface area contributed by atoms with E-state index < -0.39 is 28.6 Å². The van der Waals surface area contributed by atoms with E-state index in [4.69, 9.17) is 80.6 Å². The van der Waals surface area contributed by atoms with Gasteiger partial charge in [0.2, 0.25) is 0 Å². The summed E-state index contributed by atoms with van der Waals surface area (Å²) in [7, 11) is 4.96. The Bertz CT molecular complexity index is 2290. The van der Waals surface area contributed by atoms with Gasteiger partial charge in [-0.2, -0.15) is 0 Å². The van der Waals surface area contributed by atoms with Crippen molar-refractivity contribution < 1.29 is 95.0 Å². The number of allylic oxidation sites excluding steroid dienone is 5. The molecule has 0 saturated carbocycles. The maximum absolute atomic E-state index is 12.0. The number of carbonyl (C=O) groups excluding carboxylic acids is 3. The molecule has 490 valence electrons. The van der Waals surface area contributed by atoms with Gasteiger partial charge in [0.25, 0.3) is 11.8 Å². The fourth-order valence-electron chi connectivity index (χ4n) is 9.83. The highest BCUT2D eigenvalue weighted by molar-refractivity contribution is 6.01. The number of anilines is 2.